The van der Waals surface area contributed by atoms with Gasteiger partial charge in [0.15, 0.2) is 9.84 Å². The molecule has 0 spiro atoms. The van der Waals surface area contributed by atoms with Gasteiger partial charge in [0.1, 0.15) is 5.75 Å². The molecule has 142 valence electrons. The second kappa shape index (κ2) is 8.15. The molecule has 2 aromatic rings. The Morgan fingerprint density at radius 2 is 2.04 bits per heavy atom. The summed E-state index contributed by atoms with van der Waals surface area (Å²) in [6.07, 6.45) is 0.617. The van der Waals surface area contributed by atoms with Crippen LogP contribution in [0.25, 0.3) is 11.4 Å². The molecule has 0 N–H and O–H groups in total. The molecular weight excluding hydrogens is 358 g/mol. The molecule has 1 saturated heterocycles. The maximum absolute atomic E-state index is 11.8. The highest BCUT2D eigenvalue weighted by Gasteiger charge is 2.32. The van der Waals surface area contributed by atoms with E-state index in [9.17, 15) is 8.42 Å². The zero-order valence-electron chi connectivity index (χ0n) is 14.9. The van der Waals surface area contributed by atoms with Gasteiger partial charge in [-0.05, 0) is 30.7 Å². The summed E-state index contributed by atoms with van der Waals surface area (Å²) in [5, 5.41) is 4.03. The molecule has 0 radical (unpaired) electrons. The SMILES string of the molecule is COCCN(Cc1nc(-c2ccc(OC)cc2)no1)C1CCS(=O)(=O)C1. The minimum atomic E-state index is -2.96. The lowest BCUT2D eigenvalue weighted by Crippen LogP contribution is -2.38. The Labute approximate surface area is 153 Å². The summed E-state index contributed by atoms with van der Waals surface area (Å²) in [4.78, 5) is 6.48. The number of aromatic nitrogens is 2. The number of methoxy groups -OCH3 is 2. The van der Waals surface area contributed by atoms with Crippen LogP contribution in [0.15, 0.2) is 28.8 Å². The number of ether oxygens (including phenoxy) is 2. The Morgan fingerprint density at radius 1 is 1.27 bits per heavy atom. The van der Waals surface area contributed by atoms with E-state index in [1.807, 2.05) is 29.2 Å². The molecule has 1 atom stereocenters. The number of sulfone groups is 1. The Bertz CT molecular complexity index is 819. The molecule has 1 aliphatic rings. The molecule has 0 bridgehead atoms. The van der Waals surface area contributed by atoms with Crippen LogP contribution in [0, 0.1) is 0 Å². The van der Waals surface area contributed by atoms with E-state index in [1.54, 1.807) is 14.2 Å². The fourth-order valence-electron chi connectivity index (χ4n) is 3.01. The molecule has 1 unspecified atom stereocenters. The van der Waals surface area contributed by atoms with Crippen LogP contribution in [-0.2, 0) is 21.1 Å². The second-order valence-corrected chi connectivity index (χ2v) is 8.49. The Hall–Kier alpha value is -1.97. The van der Waals surface area contributed by atoms with Gasteiger partial charge < -0.3 is 14.0 Å². The maximum Gasteiger partial charge on any atom is 0.241 e. The molecule has 8 nitrogen and oxygen atoms in total. The predicted octanol–water partition coefficient (Wildman–Crippen LogP) is 1.38. The largest absolute Gasteiger partial charge is 0.497 e. The second-order valence-electron chi connectivity index (χ2n) is 6.26. The third-order valence-electron chi connectivity index (χ3n) is 4.46. The maximum atomic E-state index is 11.8. The first-order valence-corrected chi connectivity index (χ1v) is 10.2. The highest BCUT2D eigenvalue weighted by Crippen LogP contribution is 2.22. The number of hydrogen-bond donors (Lipinski definition) is 0. The van der Waals surface area contributed by atoms with Gasteiger partial charge in [-0.25, -0.2) is 8.42 Å². The molecule has 2 heterocycles. The molecule has 1 fully saturated rings. The van der Waals surface area contributed by atoms with Crippen molar-refractivity contribution in [2.24, 2.45) is 0 Å². The van der Waals surface area contributed by atoms with E-state index >= 15 is 0 Å². The Balaban J connectivity index is 1.71. The van der Waals surface area contributed by atoms with Crippen molar-refractivity contribution in [2.75, 3.05) is 38.9 Å². The summed E-state index contributed by atoms with van der Waals surface area (Å²) in [7, 11) is 0.270. The third kappa shape index (κ3) is 4.60. The van der Waals surface area contributed by atoms with Crippen LogP contribution >= 0.6 is 0 Å². The molecule has 0 amide bonds. The molecule has 26 heavy (non-hydrogen) atoms. The van der Waals surface area contributed by atoms with E-state index in [1.165, 1.54) is 0 Å². The monoisotopic (exact) mass is 381 g/mol. The summed E-state index contributed by atoms with van der Waals surface area (Å²) < 4.78 is 39.3. The quantitative estimate of drug-likeness (QED) is 0.677. The van der Waals surface area contributed by atoms with Gasteiger partial charge in [-0.3, -0.25) is 4.90 Å². The van der Waals surface area contributed by atoms with Gasteiger partial charge in [0.05, 0.1) is 31.8 Å². The number of hydrogen-bond acceptors (Lipinski definition) is 8. The number of rotatable bonds is 8. The minimum Gasteiger partial charge on any atom is -0.497 e. The van der Waals surface area contributed by atoms with Crippen LogP contribution in [0.3, 0.4) is 0 Å². The highest BCUT2D eigenvalue weighted by atomic mass is 32.2. The van der Waals surface area contributed by atoms with Gasteiger partial charge in [-0.15, -0.1) is 0 Å². The Kier molecular flexibility index (Phi) is 5.90. The molecule has 0 aliphatic carbocycles. The van der Waals surface area contributed by atoms with Crippen molar-refractivity contribution in [3.8, 4) is 17.1 Å². The molecule has 0 saturated carbocycles. The summed E-state index contributed by atoms with van der Waals surface area (Å²) in [5.41, 5.74) is 0.827. The van der Waals surface area contributed by atoms with Gasteiger partial charge in [-0.1, -0.05) is 5.16 Å². The molecule has 1 aromatic carbocycles. The first-order chi connectivity index (χ1) is 12.5. The summed E-state index contributed by atoms with van der Waals surface area (Å²) in [6.45, 7) is 1.51. The van der Waals surface area contributed by atoms with Crippen molar-refractivity contribution >= 4 is 9.84 Å². The van der Waals surface area contributed by atoms with Gasteiger partial charge in [0.25, 0.3) is 0 Å². The standard InChI is InChI=1S/C17H23N3O5S/c1-23-9-8-20(14-7-10-26(21,22)12-14)11-16-18-17(19-25-16)13-3-5-15(24-2)6-4-13/h3-6,14H,7-12H2,1-2H3. The molecule has 1 aliphatic heterocycles. The van der Waals surface area contributed by atoms with E-state index in [0.29, 0.717) is 37.8 Å². The van der Waals surface area contributed by atoms with Crippen LogP contribution in [0.4, 0.5) is 0 Å². The Morgan fingerprint density at radius 3 is 2.65 bits per heavy atom. The van der Waals surface area contributed by atoms with E-state index in [0.717, 1.165) is 11.3 Å². The van der Waals surface area contributed by atoms with Gasteiger partial charge in [-0.2, -0.15) is 4.98 Å². The summed E-state index contributed by atoms with van der Waals surface area (Å²) in [5.74, 6) is 2.09. The number of benzene rings is 1. The van der Waals surface area contributed by atoms with Gasteiger partial charge in [0.2, 0.25) is 11.7 Å². The smallest absolute Gasteiger partial charge is 0.241 e. The number of nitrogens with zero attached hydrogens (tertiary/aromatic N) is 3. The van der Waals surface area contributed by atoms with Crippen LogP contribution in [0.2, 0.25) is 0 Å². The average molecular weight is 381 g/mol. The molecular formula is C17H23N3O5S. The zero-order chi connectivity index (χ0) is 18.6. The van der Waals surface area contributed by atoms with Gasteiger partial charge >= 0.3 is 0 Å². The van der Waals surface area contributed by atoms with Gasteiger partial charge in [0, 0.05) is 25.3 Å². The van der Waals surface area contributed by atoms with Crippen molar-refractivity contribution < 1.29 is 22.4 Å². The van der Waals surface area contributed by atoms with Crippen molar-refractivity contribution in [1.82, 2.24) is 15.0 Å². The lowest BCUT2D eigenvalue weighted by molar-refractivity contribution is 0.112. The third-order valence-corrected chi connectivity index (χ3v) is 6.21. The fourth-order valence-corrected chi connectivity index (χ4v) is 4.77. The van der Waals surface area contributed by atoms with Crippen LogP contribution in [0.5, 0.6) is 5.75 Å². The van der Waals surface area contributed by atoms with Crippen LogP contribution in [-0.4, -0.2) is 68.4 Å². The predicted molar refractivity (Wildman–Crippen MR) is 95.6 cm³/mol. The molecule has 1 aromatic heterocycles. The highest BCUT2D eigenvalue weighted by molar-refractivity contribution is 7.91. The lowest BCUT2D eigenvalue weighted by Gasteiger charge is -2.25. The normalized spacial score (nSPS) is 19.1. The van der Waals surface area contributed by atoms with E-state index in [-0.39, 0.29) is 17.5 Å². The van der Waals surface area contributed by atoms with Crippen molar-refractivity contribution in [3.05, 3.63) is 30.2 Å². The van der Waals surface area contributed by atoms with Crippen LogP contribution < -0.4 is 4.74 Å². The summed E-state index contributed by atoms with van der Waals surface area (Å²) >= 11 is 0. The first-order valence-electron chi connectivity index (χ1n) is 8.41. The van der Waals surface area contributed by atoms with Crippen molar-refractivity contribution in [3.63, 3.8) is 0 Å². The molecule has 3 rings (SSSR count). The topological polar surface area (TPSA) is 94.8 Å². The van der Waals surface area contributed by atoms with Crippen molar-refractivity contribution in [2.45, 2.75) is 19.0 Å². The summed E-state index contributed by atoms with van der Waals surface area (Å²) in [6, 6.07) is 7.34. The first kappa shape index (κ1) is 18.8. The molecule has 9 heteroatoms. The van der Waals surface area contributed by atoms with E-state index in [4.69, 9.17) is 14.0 Å². The average Bonchev–Trinajstić information content (AvgIpc) is 3.25. The lowest BCUT2D eigenvalue weighted by atomic mass is 10.2. The van der Waals surface area contributed by atoms with E-state index < -0.39 is 9.84 Å². The van der Waals surface area contributed by atoms with Crippen LogP contribution in [0.1, 0.15) is 12.3 Å². The van der Waals surface area contributed by atoms with E-state index in [2.05, 4.69) is 10.1 Å². The zero-order valence-corrected chi connectivity index (χ0v) is 15.7. The van der Waals surface area contributed by atoms with Crippen molar-refractivity contribution in [1.29, 1.82) is 0 Å². The minimum absolute atomic E-state index is 0.0495. The fraction of sp³-hybridized carbons (Fsp3) is 0.529.